The summed E-state index contributed by atoms with van der Waals surface area (Å²) in [4.78, 5) is 11.9. The number of rotatable bonds is 2. The molecule has 1 aliphatic heterocycles. The van der Waals surface area contributed by atoms with E-state index in [1.807, 2.05) is 30.3 Å². The van der Waals surface area contributed by atoms with Gasteiger partial charge in [-0.1, -0.05) is 18.2 Å². The van der Waals surface area contributed by atoms with E-state index in [9.17, 15) is 4.79 Å². The molecule has 0 aromatic heterocycles. The Hall–Kier alpha value is -1.35. The van der Waals surface area contributed by atoms with Crippen LogP contribution in [0.5, 0.6) is 0 Å². The van der Waals surface area contributed by atoms with Gasteiger partial charge in [0.25, 0.3) is 5.91 Å². The van der Waals surface area contributed by atoms with Crippen molar-refractivity contribution in [1.82, 2.24) is 5.32 Å². The second kappa shape index (κ2) is 3.91. The van der Waals surface area contributed by atoms with Crippen LogP contribution in [0.3, 0.4) is 0 Å². The highest BCUT2D eigenvalue weighted by Gasteiger charge is 2.47. The first-order valence-electron chi connectivity index (χ1n) is 5.86. The summed E-state index contributed by atoms with van der Waals surface area (Å²) in [5, 5.41) is 3.06. The molecule has 1 N–H and O–H groups in total. The third-order valence-electron chi connectivity index (χ3n) is 3.37. The molecule has 16 heavy (non-hydrogen) atoms. The van der Waals surface area contributed by atoms with Gasteiger partial charge < -0.3 is 10.1 Å². The molecule has 1 amide bonds. The third kappa shape index (κ3) is 1.83. The van der Waals surface area contributed by atoms with Crippen molar-refractivity contribution in [3.63, 3.8) is 0 Å². The fourth-order valence-corrected chi connectivity index (χ4v) is 2.44. The molecule has 3 heteroatoms. The number of hydrogen-bond donors (Lipinski definition) is 1. The van der Waals surface area contributed by atoms with Crippen LogP contribution >= 0.6 is 0 Å². The molecule has 1 aromatic rings. The Morgan fingerprint density at radius 3 is 2.88 bits per heavy atom. The van der Waals surface area contributed by atoms with E-state index in [0.717, 1.165) is 24.8 Å². The zero-order valence-corrected chi connectivity index (χ0v) is 9.06. The SMILES string of the molecule is O=C(N[C@H]1CCC[C@@H]2O[C@H]12)c1ccccc1. The standard InChI is InChI=1S/C13H15NO2/c15-13(9-5-2-1-3-6-9)14-10-7-4-8-11-12(10)16-11/h1-3,5-6,10-12H,4,7-8H2,(H,14,15)/t10-,11-,12+/m0/s1. The second-order valence-corrected chi connectivity index (χ2v) is 4.52. The number of carbonyl (C=O) groups excluding carboxylic acids is 1. The van der Waals surface area contributed by atoms with Gasteiger partial charge in [-0.05, 0) is 31.4 Å². The number of amides is 1. The lowest BCUT2D eigenvalue weighted by Crippen LogP contribution is -2.41. The van der Waals surface area contributed by atoms with Crippen LogP contribution in [0, 0.1) is 0 Å². The van der Waals surface area contributed by atoms with Gasteiger partial charge in [-0.2, -0.15) is 0 Å². The van der Waals surface area contributed by atoms with Crippen molar-refractivity contribution in [2.45, 2.75) is 37.5 Å². The monoisotopic (exact) mass is 217 g/mol. The first-order chi connectivity index (χ1) is 7.84. The van der Waals surface area contributed by atoms with Crippen LogP contribution in [0.25, 0.3) is 0 Å². The Morgan fingerprint density at radius 1 is 1.25 bits per heavy atom. The van der Waals surface area contributed by atoms with E-state index >= 15 is 0 Å². The predicted molar refractivity (Wildman–Crippen MR) is 60.2 cm³/mol. The van der Waals surface area contributed by atoms with Crippen molar-refractivity contribution < 1.29 is 9.53 Å². The smallest absolute Gasteiger partial charge is 0.251 e. The number of carbonyl (C=O) groups is 1. The topological polar surface area (TPSA) is 41.6 Å². The van der Waals surface area contributed by atoms with Gasteiger partial charge in [0.05, 0.1) is 12.1 Å². The van der Waals surface area contributed by atoms with Gasteiger partial charge in [-0.15, -0.1) is 0 Å². The van der Waals surface area contributed by atoms with Crippen molar-refractivity contribution in [3.05, 3.63) is 35.9 Å². The van der Waals surface area contributed by atoms with Crippen molar-refractivity contribution in [3.8, 4) is 0 Å². The molecule has 1 saturated carbocycles. The van der Waals surface area contributed by atoms with Gasteiger partial charge >= 0.3 is 0 Å². The molecule has 0 bridgehead atoms. The molecule has 84 valence electrons. The molecule has 1 heterocycles. The molecule has 2 aliphatic rings. The van der Waals surface area contributed by atoms with Gasteiger partial charge in [-0.25, -0.2) is 0 Å². The van der Waals surface area contributed by atoms with Crippen molar-refractivity contribution in [1.29, 1.82) is 0 Å². The molecule has 3 rings (SSSR count). The van der Waals surface area contributed by atoms with E-state index in [1.165, 1.54) is 0 Å². The van der Waals surface area contributed by atoms with Crippen LogP contribution in [-0.4, -0.2) is 24.2 Å². The highest BCUT2D eigenvalue weighted by molar-refractivity contribution is 5.94. The zero-order valence-electron chi connectivity index (χ0n) is 9.06. The maximum absolute atomic E-state index is 11.9. The number of benzene rings is 1. The van der Waals surface area contributed by atoms with E-state index in [-0.39, 0.29) is 18.1 Å². The maximum Gasteiger partial charge on any atom is 0.251 e. The largest absolute Gasteiger partial charge is 0.367 e. The quantitative estimate of drug-likeness (QED) is 0.767. The first-order valence-corrected chi connectivity index (χ1v) is 5.86. The Kier molecular flexibility index (Phi) is 2.40. The summed E-state index contributed by atoms with van der Waals surface area (Å²) in [5.41, 5.74) is 0.727. The normalized spacial score (nSPS) is 31.6. The van der Waals surface area contributed by atoms with Crippen LogP contribution in [0.15, 0.2) is 30.3 Å². The highest BCUT2D eigenvalue weighted by atomic mass is 16.6. The molecule has 3 atom stereocenters. The van der Waals surface area contributed by atoms with Crippen LogP contribution in [0.4, 0.5) is 0 Å². The number of ether oxygens (including phenoxy) is 1. The van der Waals surface area contributed by atoms with Crippen molar-refractivity contribution in [2.75, 3.05) is 0 Å². The fraction of sp³-hybridized carbons (Fsp3) is 0.462. The Labute approximate surface area is 94.8 Å². The maximum atomic E-state index is 11.9. The third-order valence-corrected chi connectivity index (χ3v) is 3.37. The number of epoxide rings is 1. The van der Waals surface area contributed by atoms with Crippen molar-refractivity contribution >= 4 is 5.91 Å². The molecule has 1 aromatic carbocycles. The van der Waals surface area contributed by atoms with Crippen molar-refractivity contribution in [2.24, 2.45) is 0 Å². The van der Waals surface area contributed by atoms with Gasteiger partial charge in [0.1, 0.15) is 6.10 Å². The van der Waals surface area contributed by atoms with E-state index in [1.54, 1.807) is 0 Å². The summed E-state index contributed by atoms with van der Waals surface area (Å²) < 4.78 is 5.51. The molecule has 0 spiro atoms. The minimum Gasteiger partial charge on any atom is -0.367 e. The minimum atomic E-state index is 0.0155. The van der Waals surface area contributed by atoms with Crippen LogP contribution in [0.2, 0.25) is 0 Å². The summed E-state index contributed by atoms with van der Waals surface area (Å²) >= 11 is 0. The summed E-state index contributed by atoms with van der Waals surface area (Å²) in [6.45, 7) is 0. The fourth-order valence-electron chi connectivity index (χ4n) is 2.44. The van der Waals surface area contributed by atoms with E-state index < -0.39 is 0 Å². The van der Waals surface area contributed by atoms with Crippen LogP contribution in [-0.2, 0) is 4.74 Å². The highest BCUT2D eigenvalue weighted by Crippen LogP contribution is 2.36. The molecule has 3 nitrogen and oxygen atoms in total. The molecule has 0 radical (unpaired) electrons. The van der Waals surface area contributed by atoms with E-state index in [4.69, 9.17) is 4.74 Å². The van der Waals surface area contributed by atoms with Gasteiger partial charge in [0.2, 0.25) is 0 Å². The summed E-state index contributed by atoms with van der Waals surface area (Å²) in [7, 11) is 0. The minimum absolute atomic E-state index is 0.0155. The van der Waals surface area contributed by atoms with E-state index in [2.05, 4.69) is 5.32 Å². The second-order valence-electron chi connectivity index (χ2n) is 4.52. The summed E-state index contributed by atoms with van der Waals surface area (Å²) in [5.74, 6) is 0.0155. The number of fused-ring (bicyclic) bond motifs is 1. The van der Waals surface area contributed by atoms with E-state index in [0.29, 0.717) is 6.10 Å². The molecule has 2 fully saturated rings. The Balaban J connectivity index is 1.64. The van der Waals surface area contributed by atoms with Crippen LogP contribution in [0.1, 0.15) is 29.6 Å². The lowest BCUT2D eigenvalue weighted by Gasteiger charge is -2.19. The molecule has 0 unspecified atom stereocenters. The first kappa shape index (κ1) is 9.85. The van der Waals surface area contributed by atoms with Crippen LogP contribution < -0.4 is 5.32 Å². The van der Waals surface area contributed by atoms with Gasteiger partial charge in [-0.3, -0.25) is 4.79 Å². The summed E-state index contributed by atoms with van der Waals surface area (Å²) in [6, 6.07) is 9.56. The molecule has 1 aliphatic carbocycles. The molecular formula is C13H15NO2. The number of nitrogens with one attached hydrogen (secondary N) is 1. The summed E-state index contributed by atoms with van der Waals surface area (Å²) in [6.07, 6.45) is 4.04. The number of hydrogen-bond acceptors (Lipinski definition) is 2. The predicted octanol–water partition coefficient (Wildman–Crippen LogP) is 1.74. The average Bonchev–Trinajstić information content (AvgIpc) is 3.10. The lowest BCUT2D eigenvalue weighted by molar-refractivity contribution is 0.0926. The molecular weight excluding hydrogens is 202 g/mol. The van der Waals surface area contributed by atoms with Gasteiger partial charge in [0, 0.05) is 5.56 Å². The Morgan fingerprint density at radius 2 is 2.06 bits per heavy atom. The lowest BCUT2D eigenvalue weighted by atomic mass is 9.95. The Bertz CT molecular complexity index is 390. The molecule has 1 saturated heterocycles. The zero-order chi connectivity index (χ0) is 11.0. The average molecular weight is 217 g/mol. The van der Waals surface area contributed by atoms with Gasteiger partial charge in [0.15, 0.2) is 0 Å².